The van der Waals surface area contributed by atoms with Gasteiger partial charge in [-0.2, -0.15) is 18.2 Å². The predicted octanol–water partition coefficient (Wildman–Crippen LogP) is 7.60. The summed E-state index contributed by atoms with van der Waals surface area (Å²) in [4.78, 5) is 15.7. The average Bonchev–Trinajstić information content (AvgIpc) is 3.41. The minimum atomic E-state index is -4.24. The third-order valence-electron chi connectivity index (χ3n) is 5.37. The van der Waals surface area contributed by atoms with Crippen LogP contribution >= 0.6 is 0 Å². The summed E-state index contributed by atoms with van der Waals surface area (Å²) in [6.45, 7) is 11.6. The van der Waals surface area contributed by atoms with Gasteiger partial charge in [-0.1, -0.05) is 20.8 Å². The summed E-state index contributed by atoms with van der Waals surface area (Å²) in [7, 11) is 0. The van der Waals surface area contributed by atoms with Gasteiger partial charge in [-0.15, -0.1) is 0 Å². The van der Waals surface area contributed by atoms with Gasteiger partial charge in [0.1, 0.15) is 17.2 Å². The van der Waals surface area contributed by atoms with Crippen LogP contribution in [0.2, 0.25) is 0 Å². The first-order valence-corrected chi connectivity index (χ1v) is 11.3. The molecule has 0 atom stereocenters. The van der Waals surface area contributed by atoms with E-state index in [2.05, 4.69) is 46.0 Å². The van der Waals surface area contributed by atoms with Crippen LogP contribution in [-0.2, 0) is 0 Å². The number of fused-ring (bicyclic) bond motifs is 1. The topological polar surface area (TPSA) is 66.0 Å². The molecule has 1 aromatic carbocycles. The van der Waals surface area contributed by atoms with E-state index < -0.39 is 17.4 Å². The van der Waals surface area contributed by atoms with E-state index in [-0.39, 0.29) is 25.3 Å². The molecule has 2 aromatic heterocycles. The van der Waals surface area contributed by atoms with Crippen molar-refractivity contribution in [1.82, 2.24) is 15.0 Å². The number of hydrogen-bond acceptors (Lipinski definition) is 4. The molecule has 1 fully saturated rings. The summed E-state index contributed by atoms with van der Waals surface area (Å²) in [6.07, 6.45) is -0.803. The van der Waals surface area contributed by atoms with Gasteiger partial charge in [0.25, 0.3) is 0 Å². The molecule has 0 radical (unpaired) electrons. The molecule has 1 aliphatic rings. The van der Waals surface area contributed by atoms with E-state index in [9.17, 15) is 17.6 Å². The van der Waals surface area contributed by atoms with Gasteiger partial charge in [-0.3, -0.25) is 4.99 Å². The van der Waals surface area contributed by atoms with E-state index in [1.807, 2.05) is 6.07 Å². The summed E-state index contributed by atoms with van der Waals surface area (Å²) in [5.41, 5.74) is 1.88. The smallest absolute Gasteiger partial charge is 0.353 e. The zero-order valence-electron chi connectivity index (χ0n) is 20.4. The van der Waals surface area contributed by atoms with Crippen molar-refractivity contribution in [2.24, 2.45) is 16.3 Å². The van der Waals surface area contributed by atoms with Crippen LogP contribution in [0.25, 0.3) is 22.2 Å². The highest BCUT2D eigenvalue weighted by molar-refractivity contribution is 5.94. The van der Waals surface area contributed by atoms with Crippen LogP contribution in [0, 0.1) is 24.1 Å². The van der Waals surface area contributed by atoms with Crippen molar-refractivity contribution in [1.29, 1.82) is 0 Å². The normalized spacial score (nSPS) is 14.6. The molecule has 1 aliphatic carbocycles. The number of H-pyrrole nitrogens is 1. The molecule has 9 heteroatoms. The first-order valence-electron chi connectivity index (χ1n) is 11.3. The standard InChI is InChI=1S/C21H21F4N5.C4H10/c1-11(2)29-17-12(3)6-13(7-16(17)22)14-8-26-18-15(14)9-27-19(30-18)28-10-20(4-5-20)21(23,24)25;1-4(2)3/h6-9H,4-5,10H2,1-3H3,(H2,26,27,28,30);4H,1-3H3. The number of aliphatic imine (C=N–C) groups is 1. The average molecular weight is 478 g/mol. The lowest BCUT2D eigenvalue weighted by atomic mass is 10.0. The molecule has 2 heterocycles. The van der Waals surface area contributed by atoms with E-state index in [0.29, 0.717) is 33.4 Å². The molecule has 0 spiro atoms. The van der Waals surface area contributed by atoms with E-state index in [0.717, 1.165) is 11.6 Å². The first kappa shape index (κ1) is 25.6. The van der Waals surface area contributed by atoms with Gasteiger partial charge in [-0.05, 0) is 62.8 Å². The van der Waals surface area contributed by atoms with Crippen molar-refractivity contribution in [2.45, 2.75) is 60.6 Å². The number of rotatable bonds is 5. The molecular formula is C25H31F4N5. The number of anilines is 1. The predicted molar refractivity (Wildman–Crippen MR) is 129 cm³/mol. The number of hydrogen-bond donors (Lipinski definition) is 2. The van der Waals surface area contributed by atoms with E-state index >= 15 is 0 Å². The second-order valence-electron chi connectivity index (χ2n) is 9.70. The number of alkyl halides is 3. The van der Waals surface area contributed by atoms with Crippen molar-refractivity contribution in [3.8, 4) is 11.1 Å². The second-order valence-corrected chi connectivity index (χ2v) is 9.70. The number of aromatic nitrogens is 3. The van der Waals surface area contributed by atoms with Crippen LogP contribution in [0.4, 0.5) is 29.2 Å². The Balaban J connectivity index is 0.000000751. The van der Waals surface area contributed by atoms with Crippen LogP contribution < -0.4 is 5.32 Å². The summed E-state index contributed by atoms with van der Waals surface area (Å²) in [5, 5.41) is 3.35. The number of halogens is 4. The molecule has 0 bridgehead atoms. The molecule has 4 rings (SSSR count). The van der Waals surface area contributed by atoms with Crippen LogP contribution in [0.15, 0.2) is 29.5 Å². The Morgan fingerprint density at radius 3 is 2.38 bits per heavy atom. The number of nitrogens with zero attached hydrogens (tertiary/aromatic N) is 3. The maximum Gasteiger partial charge on any atom is 0.396 e. The van der Waals surface area contributed by atoms with Gasteiger partial charge in [0.15, 0.2) is 0 Å². The fourth-order valence-corrected chi connectivity index (χ4v) is 3.45. The summed E-state index contributed by atoms with van der Waals surface area (Å²) in [5.74, 6) is 0.526. The van der Waals surface area contributed by atoms with E-state index in [4.69, 9.17) is 0 Å². The Hall–Kier alpha value is -2.97. The molecule has 34 heavy (non-hydrogen) atoms. The fraction of sp³-hybridized carbons (Fsp3) is 0.480. The molecular weight excluding hydrogens is 446 g/mol. The van der Waals surface area contributed by atoms with E-state index in [1.165, 1.54) is 12.3 Å². The highest BCUT2D eigenvalue weighted by atomic mass is 19.4. The molecule has 5 nitrogen and oxygen atoms in total. The lowest BCUT2D eigenvalue weighted by molar-refractivity contribution is -0.182. The van der Waals surface area contributed by atoms with Gasteiger partial charge in [0.05, 0.1) is 5.41 Å². The molecule has 0 aliphatic heterocycles. The van der Waals surface area contributed by atoms with E-state index in [1.54, 1.807) is 27.0 Å². The van der Waals surface area contributed by atoms with Gasteiger partial charge in [0.2, 0.25) is 5.95 Å². The van der Waals surface area contributed by atoms with Crippen LogP contribution in [0.3, 0.4) is 0 Å². The van der Waals surface area contributed by atoms with Crippen LogP contribution in [-0.4, -0.2) is 33.4 Å². The lowest BCUT2D eigenvalue weighted by Gasteiger charge is -2.19. The van der Waals surface area contributed by atoms with Crippen LogP contribution in [0.1, 0.15) is 53.0 Å². The Morgan fingerprint density at radius 1 is 1.21 bits per heavy atom. The second kappa shape index (κ2) is 9.72. The summed E-state index contributed by atoms with van der Waals surface area (Å²) in [6, 6.07) is 3.24. The first-order chi connectivity index (χ1) is 15.8. The van der Waals surface area contributed by atoms with Gasteiger partial charge in [0, 0.05) is 35.6 Å². The largest absolute Gasteiger partial charge is 0.396 e. The van der Waals surface area contributed by atoms with Crippen molar-refractivity contribution >= 4 is 28.4 Å². The molecule has 0 saturated heterocycles. The van der Waals surface area contributed by atoms with Crippen LogP contribution in [0.5, 0.6) is 0 Å². The van der Waals surface area contributed by atoms with Gasteiger partial charge in [-0.25, -0.2) is 9.37 Å². The summed E-state index contributed by atoms with van der Waals surface area (Å²) >= 11 is 0. The SMILES string of the molecule is CC(C)=Nc1c(C)cc(-c2c[nH]c3nc(NCC4(C(F)(F)F)CC4)ncc23)cc1F.CC(C)C. The summed E-state index contributed by atoms with van der Waals surface area (Å²) < 4.78 is 53.8. The van der Waals surface area contributed by atoms with Crippen molar-refractivity contribution in [2.75, 3.05) is 11.9 Å². The number of aryl methyl sites for hydroxylation is 1. The molecule has 2 N–H and O–H groups in total. The molecule has 0 amide bonds. The molecule has 3 aromatic rings. The Morgan fingerprint density at radius 2 is 1.85 bits per heavy atom. The highest BCUT2D eigenvalue weighted by Gasteiger charge is 2.62. The maximum atomic E-state index is 14.6. The third kappa shape index (κ3) is 5.74. The van der Waals surface area contributed by atoms with Gasteiger partial charge < -0.3 is 10.3 Å². The minimum absolute atomic E-state index is 0.112. The number of aromatic amines is 1. The zero-order valence-corrected chi connectivity index (χ0v) is 20.4. The van der Waals surface area contributed by atoms with Crippen molar-refractivity contribution in [3.63, 3.8) is 0 Å². The molecule has 1 saturated carbocycles. The third-order valence-corrected chi connectivity index (χ3v) is 5.37. The van der Waals surface area contributed by atoms with Crippen molar-refractivity contribution < 1.29 is 17.6 Å². The van der Waals surface area contributed by atoms with Gasteiger partial charge >= 0.3 is 6.18 Å². The molecule has 0 unspecified atom stereocenters. The zero-order chi connectivity index (χ0) is 25.3. The minimum Gasteiger partial charge on any atom is -0.353 e. The highest BCUT2D eigenvalue weighted by Crippen LogP contribution is 2.57. The Bertz CT molecular complexity index is 1160. The quantitative estimate of drug-likeness (QED) is 0.294. The lowest BCUT2D eigenvalue weighted by Crippen LogP contribution is -2.31. The monoisotopic (exact) mass is 477 g/mol. The molecule has 184 valence electrons. The fourth-order valence-electron chi connectivity index (χ4n) is 3.45. The number of nitrogens with one attached hydrogen (secondary N) is 2. The van der Waals surface area contributed by atoms with Crippen molar-refractivity contribution in [3.05, 3.63) is 35.9 Å². The Labute approximate surface area is 197 Å². The Kier molecular flexibility index (Phi) is 7.33. The maximum absolute atomic E-state index is 14.6. The number of benzene rings is 1.